The molecule has 0 fully saturated rings. The number of nitro benzene ring substituents is 1. The van der Waals surface area contributed by atoms with Crippen LogP contribution in [0.3, 0.4) is 0 Å². The summed E-state index contributed by atoms with van der Waals surface area (Å²) in [6.45, 7) is 0.982. The highest BCUT2D eigenvalue weighted by molar-refractivity contribution is 5.98. The zero-order valence-electron chi connectivity index (χ0n) is 11.9. The van der Waals surface area contributed by atoms with Crippen molar-refractivity contribution in [2.24, 2.45) is 0 Å². The van der Waals surface area contributed by atoms with E-state index in [9.17, 15) is 19.3 Å². The Bertz CT molecular complexity index is 501. The van der Waals surface area contributed by atoms with E-state index in [4.69, 9.17) is 9.47 Å². The Hall–Kier alpha value is -2.06. The van der Waals surface area contributed by atoms with Crippen molar-refractivity contribution >= 4 is 11.6 Å². The minimum atomic E-state index is -0.711. The molecule has 0 aliphatic rings. The molecule has 1 aromatic rings. The SMILES string of the molecule is COCCN(CCOC)C(=O)c1cc(F)ccc1[N+](=O)[O-]. The number of halogens is 1. The monoisotopic (exact) mass is 300 g/mol. The number of carbonyl (C=O) groups is 1. The van der Waals surface area contributed by atoms with Crippen molar-refractivity contribution in [3.8, 4) is 0 Å². The van der Waals surface area contributed by atoms with Crippen LogP contribution in [0, 0.1) is 15.9 Å². The van der Waals surface area contributed by atoms with Crippen molar-refractivity contribution in [2.75, 3.05) is 40.5 Å². The fourth-order valence-electron chi connectivity index (χ4n) is 1.73. The molecular formula is C13H17FN2O5. The predicted octanol–water partition coefficient (Wildman–Crippen LogP) is 1.47. The van der Waals surface area contributed by atoms with Gasteiger partial charge in [-0.05, 0) is 12.1 Å². The Kier molecular flexibility index (Phi) is 6.70. The van der Waals surface area contributed by atoms with E-state index in [0.29, 0.717) is 0 Å². The molecule has 0 aliphatic heterocycles. The highest BCUT2D eigenvalue weighted by Gasteiger charge is 2.25. The summed E-state index contributed by atoms with van der Waals surface area (Å²) in [6.07, 6.45) is 0. The zero-order valence-corrected chi connectivity index (χ0v) is 11.9. The van der Waals surface area contributed by atoms with Crippen LogP contribution >= 0.6 is 0 Å². The molecular weight excluding hydrogens is 283 g/mol. The second-order valence-corrected chi connectivity index (χ2v) is 4.20. The van der Waals surface area contributed by atoms with Gasteiger partial charge in [-0.1, -0.05) is 0 Å². The molecule has 7 nitrogen and oxygen atoms in total. The average Bonchev–Trinajstić information content (AvgIpc) is 2.46. The van der Waals surface area contributed by atoms with E-state index in [1.165, 1.54) is 19.1 Å². The van der Waals surface area contributed by atoms with Gasteiger partial charge < -0.3 is 14.4 Å². The molecule has 21 heavy (non-hydrogen) atoms. The van der Waals surface area contributed by atoms with Crippen molar-refractivity contribution in [1.82, 2.24) is 4.90 Å². The van der Waals surface area contributed by atoms with Gasteiger partial charge in [-0.2, -0.15) is 0 Å². The topological polar surface area (TPSA) is 81.9 Å². The first-order chi connectivity index (χ1) is 10.0. The third kappa shape index (κ3) is 4.76. The fourth-order valence-corrected chi connectivity index (χ4v) is 1.73. The molecule has 0 bridgehead atoms. The molecule has 0 atom stereocenters. The zero-order chi connectivity index (χ0) is 15.8. The van der Waals surface area contributed by atoms with Gasteiger partial charge in [0.1, 0.15) is 11.4 Å². The molecule has 0 saturated heterocycles. The molecule has 1 amide bonds. The van der Waals surface area contributed by atoms with Crippen molar-refractivity contribution in [3.63, 3.8) is 0 Å². The number of ether oxygens (including phenoxy) is 2. The summed E-state index contributed by atoms with van der Waals surface area (Å²) in [5, 5.41) is 11.0. The molecule has 1 rings (SSSR count). The molecule has 8 heteroatoms. The molecule has 0 aromatic heterocycles. The predicted molar refractivity (Wildman–Crippen MR) is 72.7 cm³/mol. The number of nitrogens with zero attached hydrogens (tertiary/aromatic N) is 2. The number of benzene rings is 1. The lowest BCUT2D eigenvalue weighted by Gasteiger charge is -2.22. The summed E-state index contributed by atoms with van der Waals surface area (Å²) in [4.78, 5) is 23.9. The highest BCUT2D eigenvalue weighted by Crippen LogP contribution is 2.21. The summed E-state index contributed by atoms with van der Waals surface area (Å²) in [5.41, 5.74) is -0.714. The summed E-state index contributed by atoms with van der Waals surface area (Å²) < 4.78 is 23.1. The Morgan fingerprint density at radius 2 is 1.86 bits per heavy atom. The molecule has 0 N–H and O–H groups in total. The number of methoxy groups -OCH3 is 2. The third-order valence-corrected chi connectivity index (χ3v) is 2.80. The number of carbonyl (C=O) groups excluding carboxylic acids is 1. The van der Waals surface area contributed by atoms with Crippen LogP contribution in [0.1, 0.15) is 10.4 Å². The summed E-state index contributed by atoms with van der Waals surface area (Å²) in [7, 11) is 2.95. The van der Waals surface area contributed by atoms with E-state index >= 15 is 0 Å². The van der Waals surface area contributed by atoms with Crippen LogP contribution in [0.15, 0.2) is 18.2 Å². The van der Waals surface area contributed by atoms with Gasteiger partial charge in [0.15, 0.2) is 0 Å². The van der Waals surface area contributed by atoms with Gasteiger partial charge in [0.2, 0.25) is 0 Å². The average molecular weight is 300 g/mol. The number of hydrogen-bond acceptors (Lipinski definition) is 5. The fraction of sp³-hybridized carbons (Fsp3) is 0.462. The molecule has 116 valence electrons. The lowest BCUT2D eigenvalue weighted by atomic mass is 10.1. The summed E-state index contributed by atoms with van der Waals surface area (Å²) >= 11 is 0. The van der Waals surface area contributed by atoms with E-state index in [1.54, 1.807) is 0 Å². The van der Waals surface area contributed by atoms with E-state index in [0.717, 1.165) is 18.2 Å². The first-order valence-corrected chi connectivity index (χ1v) is 6.22. The van der Waals surface area contributed by atoms with Gasteiger partial charge in [0.05, 0.1) is 18.1 Å². The Labute approximate surface area is 121 Å². The lowest BCUT2D eigenvalue weighted by molar-refractivity contribution is -0.385. The van der Waals surface area contributed by atoms with E-state index in [2.05, 4.69) is 0 Å². The smallest absolute Gasteiger partial charge is 0.282 e. The molecule has 0 spiro atoms. The van der Waals surface area contributed by atoms with E-state index in [-0.39, 0.29) is 31.9 Å². The minimum Gasteiger partial charge on any atom is -0.383 e. The van der Waals surface area contributed by atoms with E-state index < -0.39 is 22.3 Å². The number of hydrogen-bond donors (Lipinski definition) is 0. The lowest BCUT2D eigenvalue weighted by Crippen LogP contribution is -2.36. The van der Waals surface area contributed by atoms with Gasteiger partial charge >= 0.3 is 0 Å². The number of nitro groups is 1. The Morgan fingerprint density at radius 1 is 1.29 bits per heavy atom. The molecule has 0 unspecified atom stereocenters. The first kappa shape index (κ1) is 17.0. The van der Waals surface area contributed by atoms with Crippen LogP contribution in [-0.2, 0) is 9.47 Å². The van der Waals surface area contributed by atoms with Crippen molar-refractivity contribution in [3.05, 3.63) is 39.7 Å². The van der Waals surface area contributed by atoms with Crippen molar-refractivity contribution in [2.45, 2.75) is 0 Å². The maximum Gasteiger partial charge on any atom is 0.282 e. The van der Waals surface area contributed by atoms with Crippen molar-refractivity contribution in [1.29, 1.82) is 0 Å². The second kappa shape index (κ2) is 8.28. The highest BCUT2D eigenvalue weighted by atomic mass is 19.1. The van der Waals surface area contributed by atoms with Crippen LogP contribution in [0.25, 0.3) is 0 Å². The Balaban J connectivity index is 3.06. The normalized spacial score (nSPS) is 10.4. The molecule has 0 heterocycles. The quantitative estimate of drug-likeness (QED) is 0.536. The number of rotatable bonds is 8. The number of amides is 1. The van der Waals surface area contributed by atoms with Crippen LogP contribution in [0.5, 0.6) is 0 Å². The van der Waals surface area contributed by atoms with Gasteiger partial charge in [-0.3, -0.25) is 14.9 Å². The molecule has 0 aliphatic carbocycles. The third-order valence-electron chi connectivity index (χ3n) is 2.80. The minimum absolute atomic E-state index is 0.229. The van der Waals surface area contributed by atoms with Crippen LogP contribution < -0.4 is 0 Å². The van der Waals surface area contributed by atoms with Gasteiger partial charge in [-0.15, -0.1) is 0 Å². The van der Waals surface area contributed by atoms with Crippen LogP contribution in [0.4, 0.5) is 10.1 Å². The van der Waals surface area contributed by atoms with E-state index in [1.807, 2.05) is 0 Å². The standard InChI is InChI=1S/C13H17FN2O5/c1-20-7-5-15(6-8-21-2)13(17)11-9-10(14)3-4-12(11)16(18)19/h3-4,9H,5-8H2,1-2H3. The first-order valence-electron chi connectivity index (χ1n) is 6.22. The second-order valence-electron chi connectivity index (χ2n) is 4.20. The summed E-state index contributed by atoms with van der Waals surface area (Å²) in [6, 6.07) is 2.80. The van der Waals surface area contributed by atoms with Gasteiger partial charge in [0.25, 0.3) is 11.6 Å². The Morgan fingerprint density at radius 3 is 2.33 bits per heavy atom. The maximum atomic E-state index is 13.3. The van der Waals surface area contributed by atoms with Gasteiger partial charge in [0, 0.05) is 33.4 Å². The van der Waals surface area contributed by atoms with Crippen LogP contribution in [-0.4, -0.2) is 56.3 Å². The molecule has 0 radical (unpaired) electrons. The summed E-state index contributed by atoms with van der Waals surface area (Å²) in [5.74, 6) is -1.34. The maximum absolute atomic E-state index is 13.3. The van der Waals surface area contributed by atoms with Gasteiger partial charge in [-0.25, -0.2) is 4.39 Å². The largest absolute Gasteiger partial charge is 0.383 e. The molecule has 1 aromatic carbocycles. The molecule has 0 saturated carbocycles. The van der Waals surface area contributed by atoms with Crippen molar-refractivity contribution < 1.29 is 23.6 Å². The van der Waals surface area contributed by atoms with Crippen LogP contribution in [0.2, 0.25) is 0 Å².